The molecular weight excluding hydrogens is 531 g/mol. The fourth-order valence-corrected chi connectivity index (χ4v) is 4.52. The fourth-order valence-electron chi connectivity index (χ4n) is 4.52. The van der Waals surface area contributed by atoms with Gasteiger partial charge in [0.2, 0.25) is 6.23 Å². The molecule has 0 aliphatic carbocycles. The van der Waals surface area contributed by atoms with E-state index < -0.39 is 47.9 Å². The summed E-state index contributed by atoms with van der Waals surface area (Å²) in [4.78, 5) is 46.2. The van der Waals surface area contributed by atoms with Gasteiger partial charge in [-0.25, -0.2) is 9.78 Å². The van der Waals surface area contributed by atoms with Gasteiger partial charge >= 0.3 is 12.1 Å². The van der Waals surface area contributed by atoms with E-state index in [0.29, 0.717) is 11.0 Å². The Labute approximate surface area is 227 Å². The van der Waals surface area contributed by atoms with Crippen LogP contribution in [0, 0.1) is 5.41 Å². The Morgan fingerprint density at radius 2 is 1.85 bits per heavy atom. The zero-order chi connectivity index (χ0) is 29.6. The van der Waals surface area contributed by atoms with Gasteiger partial charge in [-0.3, -0.25) is 15.0 Å². The molecule has 1 aromatic heterocycles. The number of carbonyl (C=O) groups excluding carboxylic acids is 3. The number of benzene rings is 2. The van der Waals surface area contributed by atoms with Crippen LogP contribution in [-0.2, 0) is 14.9 Å². The summed E-state index contributed by atoms with van der Waals surface area (Å²) in [6.07, 6.45) is -5.59. The van der Waals surface area contributed by atoms with Crippen LogP contribution in [0.2, 0.25) is 0 Å². The van der Waals surface area contributed by atoms with Crippen LogP contribution in [0.4, 0.5) is 13.2 Å². The topological polar surface area (TPSA) is 137 Å². The van der Waals surface area contributed by atoms with Crippen molar-refractivity contribution in [3.8, 4) is 5.75 Å². The van der Waals surface area contributed by atoms with Gasteiger partial charge in [0.1, 0.15) is 11.6 Å². The molecule has 2 heterocycles. The molecule has 0 saturated heterocycles. The molecule has 1 atom stereocenters. The highest BCUT2D eigenvalue weighted by Crippen LogP contribution is 2.40. The second-order valence-corrected chi connectivity index (χ2v) is 10.2. The number of alkyl halides is 3. The Bertz CT molecular complexity index is 1520. The second kappa shape index (κ2) is 10.3. The number of nitrogens with one attached hydrogen (secondary N) is 3. The van der Waals surface area contributed by atoms with E-state index in [1.54, 1.807) is 19.1 Å². The van der Waals surface area contributed by atoms with Crippen molar-refractivity contribution < 1.29 is 37.0 Å². The average molecular weight is 560 g/mol. The Kier molecular flexibility index (Phi) is 7.35. The number of ether oxygens (including phenoxy) is 2. The molecule has 0 radical (unpaired) electrons. The lowest BCUT2D eigenvalue weighted by molar-refractivity contribution is -0.210. The number of rotatable bonds is 7. The van der Waals surface area contributed by atoms with Crippen LogP contribution in [0.15, 0.2) is 30.6 Å². The molecule has 0 saturated carbocycles. The molecular formula is C27H28F3N5O5. The van der Waals surface area contributed by atoms with E-state index in [2.05, 4.69) is 15.3 Å². The van der Waals surface area contributed by atoms with E-state index in [9.17, 15) is 27.6 Å². The third-order valence-electron chi connectivity index (χ3n) is 6.43. The van der Waals surface area contributed by atoms with E-state index in [1.165, 1.54) is 25.5 Å². The van der Waals surface area contributed by atoms with E-state index in [4.69, 9.17) is 14.9 Å². The molecule has 10 nitrogen and oxygen atoms in total. The lowest BCUT2D eigenvalue weighted by Crippen LogP contribution is -2.38. The largest absolute Gasteiger partial charge is 0.493 e. The lowest BCUT2D eigenvalue weighted by atomic mass is 9.84. The first-order chi connectivity index (χ1) is 18.7. The van der Waals surface area contributed by atoms with Crippen molar-refractivity contribution in [3.05, 3.63) is 58.4 Å². The van der Waals surface area contributed by atoms with Crippen LogP contribution >= 0.6 is 0 Å². The van der Waals surface area contributed by atoms with E-state index in [-0.39, 0.29) is 34.6 Å². The van der Waals surface area contributed by atoms with Crippen molar-refractivity contribution in [1.82, 2.24) is 20.2 Å². The highest BCUT2D eigenvalue weighted by molar-refractivity contribution is 6.08. The molecule has 3 N–H and O–H groups in total. The third-order valence-corrected chi connectivity index (χ3v) is 6.43. The first kappa shape index (κ1) is 28.6. The summed E-state index contributed by atoms with van der Waals surface area (Å²) in [6.45, 7) is 7.03. The number of carbonyl (C=O) groups is 3. The summed E-state index contributed by atoms with van der Waals surface area (Å²) in [5.74, 6) is -3.95. The Hall–Kier alpha value is -4.42. The van der Waals surface area contributed by atoms with Crippen molar-refractivity contribution in [1.29, 1.82) is 5.41 Å². The number of Topliss-reactive ketones (excluding diaryl/α,β-unsaturated/α-hetero) is 1. The maximum absolute atomic E-state index is 13.5. The third kappa shape index (κ3) is 5.23. The minimum atomic E-state index is -5.32. The Morgan fingerprint density at radius 1 is 1.15 bits per heavy atom. The molecule has 0 bridgehead atoms. The molecule has 1 aliphatic rings. The zero-order valence-electron chi connectivity index (χ0n) is 22.4. The molecule has 13 heteroatoms. The van der Waals surface area contributed by atoms with Crippen LogP contribution < -0.4 is 10.1 Å². The Balaban J connectivity index is 1.79. The van der Waals surface area contributed by atoms with Crippen molar-refractivity contribution in [3.63, 3.8) is 0 Å². The molecule has 4 rings (SSSR count). The number of hydrogen-bond donors (Lipinski definition) is 3. The van der Waals surface area contributed by atoms with Gasteiger partial charge in [-0.05, 0) is 42.2 Å². The number of H-pyrrole nitrogens is 1. The van der Waals surface area contributed by atoms with Gasteiger partial charge in [-0.15, -0.1) is 0 Å². The number of amidine groups is 1. The molecule has 2 aromatic carbocycles. The predicted molar refractivity (Wildman–Crippen MR) is 139 cm³/mol. The second-order valence-electron chi connectivity index (χ2n) is 10.2. The van der Waals surface area contributed by atoms with Gasteiger partial charge < -0.3 is 24.7 Å². The molecule has 40 heavy (non-hydrogen) atoms. The standard InChI is InChI=1S/C27H28F3N5O5/c1-6-39-20-10-15-14(9-16(20)23(37)32-5)22(31)35(24(15)40-25(38)27(28,29)30)11-19(36)13-7-17(26(2,3)4)21-18(8-13)33-12-34-21/h7-10,12,24,31H,6,11H2,1-5H3,(H,32,37)(H,33,34). The van der Waals surface area contributed by atoms with Crippen LogP contribution in [0.5, 0.6) is 5.75 Å². The first-order valence-corrected chi connectivity index (χ1v) is 12.3. The van der Waals surface area contributed by atoms with Crippen LogP contribution in [0.1, 0.15) is 71.3 Å². The zero-order valence-corrected chi connectivity index (χ0v) is 22.4. The highest BCUT2D eigenvalue weighted by Gasteiger charge is 2.47. The number of imidazole rings is 1. The van der Waals surface area contributed by atoms with Gasteiger partial charge in [0, 0.05) is 23.7 Å². The molecule has 0 fully saturated rings. The summed E-state index contributed by atoms with van der Waals surface area (Å²) < 4.78 is 50.0. The molecule has 3 aromatic rings. The summed E-state index contributed by atoms with van der Waals surface area (Å²) in [7, 11) is 1.39. The van der Waals surface area contributed by atoms with Gasteiger partial charge in [0.25, 0.3) is 5.91 Å². The number of halogens is 3. The first-order valence-electron chi connectivity index (χ1n) is 12.3. The minimum Gasteiger partial charge on any atom is -0.493 e. The van der Waals surface area contributed by atoms with Crippen LogP contribution in [-0.4, -0.2) is 64.7 Å². The number of amides is 1. The van der Waals surface area contributed by atoms with Crippen LogP contribution in [0.25, 0.3) is 11.0 Å². The van der Waals surface area contributed by atoms with E-state index in [0.717, 1.165) is 10.5 Å². The monoisotopic (exact) mass is 559 g/mol. The molecule has 1 amide bonds. The number of aromatic amines is 1. The molecule has 1 unspecified atom stereocenters. The van der Waals surface area contributed by atoms with Crippen molar-refractivity contribution in [2.45, 2.75) is 45.5 Å². The van der Waals surface area contributed by atoms with E-state index >= 15 is 0 Å². The lowest BCUT2D eigenvalue weighted by Gasteiger charge is -2.26. The summed E-state index contributed by atoms with van der Waals surface area (Å²) in [5.41, 5.74) is 1.90. The molecule has 1 aliphatic heterocycles. The number of esters is 1. The minimum absolute atomic E-state index is 0.0223. The number of hydrogen-bond acceptors (Lipinski definition) is 7. The number of nitrogens with zero attached hydrogens (tertiary/aromatic N) is 2. The molecule has 212 valence electrons. The van der Waals surface area contributed by atoms with Crippen molar-refractivity contribution in [2.24, 2.45) is 0 Å². The average Bonchev–Trinajstić information content (AvgIpc) is 3.45. The molecule has 0 spiro atoms. The Morgan fingerprint density at radius 3 is 2.45 bits per heavy atom. The van der Waals surface area contributed by atoms with Crippen LogP contribution in [0.3, 0.4) is 0 Å². The number of fused-ring (bicyclic) bond motifs is 2. The maximum Gasteiger partial charge on any atom is 0.491 e. The quantitative estimate of drug-likeness (QED) is 0.291. The summed E-state index contributed by atoms with van der Waals surface area (Å²) in [6, 6.07) is 5.76. The van der Waals surface area contributed by atoms with E-state index in [1.807, 2.05) is 20.8 Å². The van der Waals surface area contributed by atoms with Crippen molar-refractivity contribution in [2.75, 3.05) is 20.2 Å². The normalized spacial score (nSPS) is 15.2. The van der Waals surface area contributed by atoms with Gasteiger partial charge in [-0.1, -0.05) is 20.8 Å². The fraction of sp³-hybridized carbons (Fsp3) is 0.370. The SMILES string of the molecule is CCOc1cc2c(cc1C(=O)NC)C(=N)N(CC(=O)c1cc(C(C)(C)C)c3nc[nH]c3c1)C2OC(=O)C(F)(F)F. The predicted octanol–water partition coefficient (Wildman–Crippen LogP) is 4.25. The van der Waals surface area contributed by atoms with Crippen molar-refractivity contribution >= 4 is 34.5 Å². The maximum atomic E-state index is 13.5. The van der Waals surface area contributed by atoms with Gasteiger partial charge in [0.05, 0.1) is 36.1 Å². The smallest absolute Gasteiger partial charge is 0.491 e. The number of ketones is 1. The summed E-state index contributed by atoms with van der Waals surface area (Å²) >= 11 is 0. The van der Waals surface area contributed by atoms with Gasteiger partial charge in [0.15, 0.2) is 5.78 Å². The van der Waals surface area contributed by atoms with Gasteiger partial charge in [-0.2, -0.15) is 13.2 Å². The summed E-state index contributed by atoms with van der Waals surface area (Å²) in [5, 5.41) is 11.1. The number of aromatic nitrogens is 2. The highest BCUT2D eigenvalue weighted by atomic mass is 19.4.